The van der Waals surface area contributed by atoms with Gasteiger partial charge in [0.2, 0.25) is 10.0 Å². The van der Waals surface area contributed by atoms with E-state index in [1.165, 1.54) is 0 Å². The van der Waals surface area contributed by atoms with Gasteiger partial charge in [-0.05, 0) is 39.5 Å². The van der Waals surface area contributed by atoms with Gasteiger partial charge in [0.15, 0.2) is 0 Å². The van der Waals surface area contributed by atoms with E-state index in [0.29, 0.717) is 5.92 Å². The second-order valence-corrected chi connectivity index (χ2v) is 6.72. The molecule has 0 bridgehead atoms. The molecule has 0 saturated carbocycles. The molecule has 1 saturated heterocycles. The Hall–Kier alpha value is -0.130. The highest BCUT2D eigenvalue weighted by molar-refractivity contribution is 7.90. The van der Waals surface area contributed by atoms with E-state index < -0.39 is 10.0 Å². The van der Waals surface area contributed by atoms with Crippen molar-refractivity contribution in [2.45, 2.75) is 44.9 Å². The molecule has 0 aromatic carbocycles. The Kier molecular flexibility index (Phi) is 4.55. The van der Waals surface area contributed by atoms with Crippen LogP contribution in [0.2, 0.25) is 0 Å². The number of hydrogen-bond acceptors (Lipinski definition) is 3. The third-order valence-corrected chi connectivity index (χ3v) is 4.89. The molecule has 1 N–H and O–H groups in total. The minimum atomic E-state index is -3.14. The molecule has 90 valence electrons. The summed E-state index contributed by atoms with van der Waals surface area (Å²) < 4.78 is 31.3. The second kappa shape index (κ2) is 5.27. The lowest BCUT2D eigenvalue weighted by atomic mass is 9.94. The van der Waals surface area contributed by atoms with Crippen LogP contribution in [0.25, 0.3) is 0 Å². The van der Waals surface area contributed by atoms with E-state index in [1.54, 1.807) is 13.8 Å². The van der Waals surface area contributed by atoms with Crippen molar-refractivity contribution in [2.24, 2.45) is 5.92 Å². The number of sulfonamides is 1. The van der Waals surface area contributed by atoms with E-state index in [4.69, 9.17) is 4.74 Å². The fourth-order valence-corrected chi connectivity index (χ4v) is 2.69. The van der Waals surface area contributed by atoms with Crippen molar-refractivity contribution in [3.8, 4) is 0 Å². The molecule has 1 atom stereocenters. The van der Waals surface area contributed by atoms with Crippen molar-refractivity contribution >= 4 is 10.0 Å². The Balaban J connectivity index is 2.50. The average Bonchev–Trinajstić information content (AvgIpc) is 2.18. The van der Waals surface area contributed by atoms with Gasteiger partial charge in [0.25, 0.3) is 0 Å². The molecular formula is C10H21NO3S. The first-order chi connectivity index (χ1) is 6.93. The monoisotopic (exact) mass is 235 g/mol. The minimum absolute atomic E-state index is 0.0151. The van der Waals surface area contributed by atoms with E-state index >= 15 is 0 Å². The molecule has 0 aliphatic carbocycles. The zero-order valence-corrected chi connectivity index (χ0v) is 10.5. The van der Waals surface area contributed by atoms with E-state index in [1.807, 2.05) is 6.92 Å². The summed E-state index contributed by atoms with van der Waals surface area (Å²) in [5.41, 5.74) is 0. The Labute approximate surface area is 92.4 Å². The van der Waals surface area contributed by atoms with Crippen LogP contribution in [-0.2, 0) is 14.8 Å². The minimum Gasteiger partial charge on any atom is -0.381 e. The molecule has 5 heteroatoms. The highest BCUT2D eigenvalue weighted by atomic mass is 32.2. The zero-order chi connectivity index (χ0) is 11.5. The summed E-state index contributed by atoms with van der Waals surface area (Å²) in [7, 11) is -3.14. The maximum absolute atomic E-state index is 11.6. The van der Waals surface area contributed by atoms with Crippen molar-refractivity contribution in [3.63, 3.8) is 0 Å². The largest absolute Gasteiger partial charge is 0.381 e. The van der Waals surface area contributed by atoms with Crippen LogP contribution in [0.1, 0.15) is 33.6 Å². The molecule has 1 aliphatic heterocycles. The summed E-state index contributed by atoms with van der Waals surface area (Å²) in [4.78, 5) is 0. The molecule has 1 aliphatic rings. The average molecular weight is 235 g/mol. The van der Waals surface area contributed by atoms with Crippen molar-refractivity contribution < 1.29 is 13.2 Å². The maximum atomic E-state index is 11.6. The molecule has 15 heavy (non-hydrogen) atoms. The van der Waals surface area contributed by atoms with Crippen LogP contribution < -0.4 is 4.72 Å². The summed E-state index contributed by atoms with van der Waals surface area (Å²) in [6, 6.07) is 0.0151. The smallest absolute Gasteiger partial charge is 0.214 e. The van der Waals surface area contributed by atoms with Crippen LogP contribution in [-0.4, -0.2) is 32.9 Å². The summed E-state index contributed by atoms with van der Waals surface area (Å²) in [5, 5.41) is -0.361. The maximum Gasteiger partial charge on any atom is 0.214 e. The normalized spacial score (nSPS) is 21.9. The molecule has 1 rings (SSSR count). The highest BCUT2D eigenvalue weighted by Crippen LogP contribution is 2.19. The van der Waals surface area contributed by atoms with Crippen molar-refractivity contribution in [3.05, 3.63) is 0 Å². The summed E-state index contributed by atoms with van der Waals surface area (Å²) in [6.07, 6.45) is 1.89. The van der Waals surface area contributed by atoms with Crippen LogP contribution >= 0.6 is 0 Å². The fraction of sp³-hybridized carbons (Fsp3) is 1.00. The first kappa shape index (κ1) is 12.9. The highest BCUT2D eigenvalue weighted by Gasteiger charge is 2.25. The summed E-state index contributed by atoms with van der Waals surface area (Å²) in [5.74, 6) is 0.410. The van der Waals surface area contributed by atoms with Gasteiger partial charge in [0, 0.05) is 19.3 Å². The van der Waals surface area contributed by atoms with E-state index in [2.05, 4.69) is 4.72 Å². The molecule has 0 radical (unpaired) electrons. The molecule has 1 fully saturated rings. The van der Waals surface area contributed by atoms with Gasteiger partial charge in [0.1, 0.15) is 0 Å². The van der Waals surface area contributed by atoms with Crippen LogP contribution in [0, 0.1) is 5.92 Å². The molecule has 1 unspecified atom stereocenters. The Morgan fingerprint density at radius 1 is 1.20 bits per heavy atom. The first-order valence-corrected chi connectivity index (χ1v) is 7.07. The van der Waals surface area contributed by atoms with E-state index in [-0.39, 0.29) is 11.3 Å². The Bertz CT molecular complexity index is 281. The molecule has 0 spiro atoms. The number of ether oxygens (including phenoxy) is 1. The van der Waals surface area contributed by atoms with Crippen molar-refractivity contribution in [1.29, 1.82) is 0 Å². The third-order valence-electron chi connectivity index (χ3n) is 2.94. The van der Waals surface area contributed by atoms with Crippen LogP contribution in [0.4, 0.5) is 0 Å². The van der Waals surface area contributed by atoms with Crippen LogP contribution in [0.5, 0.6) is 0 Å². The van der Waals surface area contributed by atoms with E-state index in [9.17, 15) is 8.42 Å². The predicted molar refractivity (Wildman–Crippen MR) is 60.2 cm³/mol. The summed E-state index contributed by atoms with van der Waals surface area (Å²) in [6.45, 7) is 6.82. The third kappa shape index (κ3) is 3.74. The van der Waals surface area contributed by atoms with Gasteiger partial charge >= 0.3 is 0 Å². The lowest BCUT2D eigenvalue weighted by Gasteiger charge is -2.28. The molecular weight excluding hydrogens is 214 g/mol. The van der Waals surface area contributed by atoms with Crippen LogP contribution in [0.3, 0.4) is 0 Å². The zero-order valence-electron chi connectivity index (χ0n) is 9.69. The van der Waals surface area contributed by atoms with E-state index in [0.717, 1.165) is 26.1 Å². The standard InChI is InChI=1S/C10H21NO3S/c1-8(2)15(12,13)11-9(3)10-4-6-14-7-5-10/h8-11H,4-7H2,1-3H3. The molecule has 0 aromatic heterocycles. The predicted octanol–water partition coefficient (Wildman–Crippen LogP) is 1.13. The van der Waals surface area contributed by atoms with Gasteiger partial charge in [-0.15, -0.1) is 0 Å². The molecule has 1 heterocycles. The SMILES string of the molecule is CC(NS(=O)(=O)C(C)C)C1CCOCC1. The topological polar surface area (TPSA) is 55.4 Å². The number of hydrogen-bond donors (Lipinski definition) is 1. The Morgan fingerprint density at radius 2 is 1.73 bits per heavy atom. The quantitative estimate of drug-likeness (QED) is 0.794. The molecule has 4 nitrogen and oxygen atoms in total. The van der Waals surface area contributed by atoms with Crippen LogP contribution in [0.15, 0.2) is 0 Å². The second-order valence-electron chi connectivity index (χ2n) is 4.45. The van der Waals surface area contributed by atoms with Gasteiger partial charge in [-0.1, -0.05) is 0 Å². The number of nitrogens with one attached hydrogen (secondary N) is 1. The summed E-state index contributed by atoms with van der Waals surface area (Å²) >= 11 is 0. The lowest BCUT2D eigenvalue weighted by Crippen LogP contribution is -2.43. The van der Waals surface area contributed by atoms with Gasteiger partial charge in [0.05, 0.1) is 5.25 Å². The number of rotatable bonds is 4. The fourth-order valence-electron chi connectivity index (χ4n) is 1.71. The van der Waals surface area contributed by atoms with Crippen molar-refractivity contribution in [1.82, 2.24) is 4.72 Å². The molecule has 0 amide bonds. The first-order valence-electron chi connectivity index (χ1n) is 5.52. The van der Waals surface area contributed by atoms with Gasteiger partial charge in [-0.25, -0.2) is 13.1 Å². The van der Waals surface area contributed by atoms with Gasteiger partial charge in [-0.2, -0.15) is 0 Å². The van der Waals surface area contributed by atoms with Gasteiger partial charge in [-0.3, -0.25) is 0 Å². The molecule has 0 aromatic rings. The lowest BCUT2D eigenvalue weighted by molar-refractivity contribution is 0.0585. The van der Waals surface area contributed by atoms with Crippen molar-refractivity contribution in [2.75, 3.05) is 13.2 Å². The Morgan fingerprint density at radius 3 is 2.20 bits per heavy atom. The van der Waals surface area contributed by atoms with Gasteiger partial charge < -0.3 is 4.74 Å².